The Balaban J connectivity index is 1.61. The number of hydrogen-bond donors (Lipinski definition) is 1. The summed E-state index contributed by atoms with van der Waals surface area (Å²) < 4.78 is 2.21. The SMILES string of the molecule is Cc1nnc(SCC(=O)c2ccc(NC(=O)C(C)C)cc2)n1C1CCCCC1. The molecule has 1 heterocycles. The Kier molecular flexibility index (Phi) is 6.88. The molecule has 3 rings (SSSR count). The predicted octanol–water partition coefficient (Wildman–Crippen LogP) is 4.66. The Morgan fingerprint density at radius 3 is 2.46 bits per heavy atom. The molecule has 0 spiro atoms. The molecule has 1 aliphatic rings. The van der Waals surface area contributed by atoms with Gasteiger partial charge in [-0.05, 0) is 44.0 Å². The van der Waals surface area contributed by atoms with Gasteiger partial charge in [0.2, 0.25) is 5.91 Å². The summed E-state index contributed by atoms with van der Waals surface area (Å²) >= 11 is 1.45. The number of nitrogens with zero attached hydrogens (tertiary/aromatic N) is 3. The van der Waals surface area contributed by atoms with Crippen LogP contribution in [0.2, 0.25) is 0 Å². The minimum absolute atomic E-state index is 0.0351. The van der Waals surface area contributed by atoms with E-state index in [1.807, 2.05) is 20.8 Å². The molecule has 0 unspecified atom stereocenters. The molecular weight excluding hydrogens is 372 g/mol. The number of thioether (sulfide) groups is 1. The Labute approximate surface area is 170 Å². The molecule has 150 valence electrons. The predicted molar refractivity (Wildman–Crippen MR) is 112 cm³/mol. The number of rotatable bonds is 7. The molecule has 1 aliphatic carbocycles. The number of anilines is 1. The number of benzene rings is 1. The van der Waals surface area contributed by atoms with Gasteiger partial charge in [0.05, 0.1) is 5.75 Å². The van der Waals surface area contributed by atoms with E-state index in [1.165, 1.54) is 31.0 Å². The molecule has 0 aliphatic heterocycles. The fourth-order valence-electron chi connectivity index (χ4n) is 3.45. The summed E-state index contributed by atoms with van der Waals surface area (Å²) in [6.07, 6.45) is 6.09. The molecule has 28 heavy (non-hydrogen) atoms. The van der Waals surface area contributed by atoms with Crippen molar-refractivity contribution in [1.29, 1.82) is 0 Å². The van der Waals surface area contributed by atoms with E-state index < -0.39 is 0 Å². The lowest BCUT2D eigenvalue weighted by atomic mass is 9.95. The molecule has 0 radical (unpaired) electrons. The third-order valence-corrected chi connectivity index (χ3v) is 6.05. The van der Waals surface area contributed by atoms with Crippen LogP contribution in [-0.2, 0) is 4.79 Å². The number of ketones is 1. The highest BCUT2D eigenvalue weighted by Crippen LogP contribution is 2.32. The Hall–Kier alpha value is -2.15. The molecule has 0 bridgehead atoms. The monoisotopic (exact) mass is 400 g/mol. The van der Waals surface area contributed by atoms with Crippen LogP contribution in [0.25, 0.3) is 0 Å². The van der Waals surface area contributed by atoms with Gasteiger partial charge in [-0.1, -0.05) is 44.9 Å². The van der Waals surface area contributed by atoms with E-state index in [0.717, 1.165) is 23.8 Å². The first kappa shape index (κ1) is 20.6. The quantitative estimate of drug-likeness (QED) is 0.540. The molecule has 1 N–H and O–H groups in total. The standard InChI is InChI=1S/C21H28N4O2S/c1-14(2)20(27)22-17-11-9-16(10-12-17)19(26)13-28-21-24-23-15(3)25(21)18-7-5-4-6-8-18/h9-12,14,18H,4-8,13H2,1-3H3,(H,22,27). The lowest BCUT2D eigenvalue weighted by Gasteiger charge is -2.24. The molecule has 1 saturated carbocycles. The van der Waals surface area contributed by atoms with E-state index in [9.17, 15) is 9.59 Å². The average Bonchev–Trinajstić information content (AvgIpc) is 3.07. The molecular formula is C21H28N4O2S. The highest BCUT2D eigenvalue weighted by molar-refractivity contribution is 7.99. The second kappa shape index (κ2) is 9.37. The summed E-state index contributed by atoms with van der Waals surface area (Å²) in [6, 6.07) is 7.51. The van der Waals surface area contributed by atoms with E-state index in [0.29, 0.717) is 23.0 Å². The van der Waals surface area contributed by atoms with Gasteiger partial charge in [-0.25, -0.2) is 0 Å². The third-order valence-electron chi connectivity index (χ3n) is 5.11. The Morgan fingerprint density at radius 2 is 1.82 bits per heavy atom. The van der Waals surface area contributed by atoms with Crippen LogP contribution in [0.15, 0.2) is 29.4 Å². The van der Waals surface area contributed by atoms with Gasteiger partial charge >= 0.3 is 0 Å². The van der Waals surface area contributed by atoms with Crippen LogP contribution in [0.1, 0.15) is 68.2 Å². The molecule has 0 saturated heterocycles. The van der Waals surface area contributed by atoms with E-state index in [1.54, 1.807) is 24.3 Å². The van der Waals surface area contributed by atoms with Crippen LogP contribution in [0.3, 0.4) is 0 Å². The summed E-state index contributed by atoms with van der Waals surface area (Å²) in [5, 5.41) is 12.2. The van der Waals surface area contributed by atoms with E-state index >= 15 is 0 Å². The topological polar surface area (TPSA) is 76.9 Å². The van der Waals surface area contributed by atoms with Gasteiger partial charge in [-0.3, -0.25) is 9.59 Å². The number of carbonyl (C=O) groups is 2. The normalized spacial score (nSPS) is 15.0. The molecule has 6 nitrogen and oxygen atoms in total. The van der Waals surface area contributed by atoms with Crippen molar-refractivity contribution < 1.29 is 9.59 Å². The summed E-state index contributed by atoms with van der Waals surface area (Å²) in [5.74, 6) is 1.17. The van der Waals surface area contributed by atoms with Gasteiger partial charge in [0.1, 0.15) is 5.82 Å². The third kappa shape index (κ3) is 5.01. The second-order valence-corrected chi connectivity index (χ2v) is 8.57. The first-order valence-corrected chi connectivity index (χ1v) is 10.9. The van der Waals surface area contributed by atoms with Crippen molar-refractivity contribution in [3.63, 3.8) is 0 Å². The van der Waals surface area contributed by atoms with Gasteiger partial charge in [0, 0.05) is 23.2 Å². The van der Waals surface area contributed by atoms with Gasteiger partial charge in [0.15, 0.2) is 10.9 Å². The fraction of sp³-hybridized carbons (Fsp3) is 0.524. The van der Waals surface area contributed by atoms with Crippen LogP contribution in [0, 0.1) is 12.8 Å². The maximum Gasteiger partial charge on any atom is 0.226 e. The lowest BCUT2D eigenvalue weighted by Crippen LogP contribution is -2.17. The van der Waals surface area contributed by atoms with Gasteiger partial charge in [0.25, 0.3) is 0 Å². The molecule has 7 heteroatoms. The summed E-state index contributed by atoms with van der Waals surface area (Å²) in [4.78, 5) is 24.3. The molecule has 1 aromatic carbocycles. The summed E-state index contributed by atoms with van der Waals surface area (Å²) in [5.41, 5.74) is 1.34. The number of hydrogen-bond acceptors (Lipinski definition) is 5. The smallest absolute Gasteiger partial charge is 0.226 e. The van der Waals surface area contributed by atoms with Crippen molar-refractivity contribution in [3.8, 4) is 0 Å². The largest absolute Gasteiger partial charge is 0.326 e. The average molecular weight is 401 g/mol. The molecule has 1 fully saturated rings. The van der Waals surface area contributed by atoms with E-state index in [4.69, 9.17) is 0 Å². The summed E-state index contributed by atoms with van der Waals surface area (Å²) in [6.45, 7) is 5.67. The van der Waals surface area contributed by atoms with Crippen LogP contribution in [0.5, 0.6) is 0 Å². The number of aromatic nitrogens is 3. The van der Waals surface area contributed by atoms with Crippen LogP contribution < -0.4 is 5.32 Å². The van der Waals surface area contributed by atoms with Gasteiger partial charge in [-0.15, -0.1) is 10.2 Å². The number of nitrogens with one attached hydrogen (secondary N) is 1. The van der Waals surface area contributed by atoms with Crippen molar-refractivity contribution in [3.05, 3.63) is 35.7 Å². The van der Waals surface area contributed by atoms with Crippen molar-refractivity contribution in [2.24, 2.45) is 5.92 Å². The Morgan fingerprint density at radius 1 is 1.14 bits per heavy atom. The number of amides is 1. The van der Waals surface area contributed by atoms with Crippen molar-refractivity contribution >= 4 is 29.1 Å². The molecule has 2 aromatic rings. The molecule has 1 amide bonds. The first-order valence-electron chi connectivity index (χ1n) is 9.94. The van der Waals surface area contributed by atoms with E-state index in [2.05, 4.69) is 20.1 Å². The van der Waals surface area contributed by atoms with Crippen molar-refractivity contribution in [1.82, 2.24) is 14.8 Å². The number of Topliss-reactive ketones (excluding diaryl/α,β-unsaturated/α-hetero) is 1. The Bertz CT molecular complexity index is 823. The second-order valence-electron chi connectivity index (χ2n) is 7.62. The van der Waals surface area contributed by atoms with Crippen molar-refractivity contribution in [2.45, 2.75) is 64.1 Å². The zero-order valence-corrected chi connectivity index (χ0v) is 17.6. The maximum absolute atomic E-state index is 12.6. The maximum atomic E-state index is 12.6. The zero-order valence-electron chi connectivity index (χ0n) is 16.8. The first-order chi connectivity index (χ1) is 13.5. The minimum atomic E-state index is -0.0809. The minimum Gasteiger partial charge on any atom is -0.326 e. The van der Waals surface area contributed by atoms with Crippen LogP contribution >= 0.6 is 11.8 Å². The number of carbonyl (C=O) groups excluding carboxylic acids is 2. The van der Waals surface area contributed by atoms with E-state index in [-0.39, 0.29) is 17.6 Å². The van der Waals surface area contributed by atoms with Crippen LogP contribution in [-0.4, -0.2) is 32.2 Å². The summed E-state index contributed by atoms with van der Waals surface area (Å²) in [7, 11) is 0. The lowest BCUT2D eigenvalue weighted by molar-refractivity contribution is -0.118. The highest BCUT2D eigenvalue weighted by Gasteiger charge is 2.22. The van der Waals surface area contributed by atoms with Gasteiger partial charge in [-0.2, -0.15) is 0 Å². The fourth-order valence-corrected chi connectivity index (χ4v) is 4.39. The van der Waals surface area contributed by atoms with Gasteiger partial charge < -0.3 is 9.88 Å². The molecule has 0 atom stereocenters. The zero-order chi connectivity index (χ0) is 20.1. The number of aryl methyl sites for hydroxylation is 1. The van der Waals surface area contributed by atoms with Crippen molar-refractivity contribution in [2.75, 3.05) is 11.1 Å². The van der Waals surface area contributed by atoms with Crippen LogP contribution in [0.4, 0.5) is 5.69 Å². The highest BCUT2D eigenvalue weighted by atomic mass is 32.2. The molecule has 1 aromatic heterocycles.